The van der Waals surface area contributed by atoms with Gasteiger partial charge in [0.1, 0.15) is 5.56 Å². The van der Waals surface area contributed by atoms with Crippen LogP contribution in [0.4, 0.5) is 11.4 Å². The predicted molar refractivity (Wildman–Crippen MR) is 70.7 cm³/mol. The van der Waals surface area contributed by atoms with E-state index in [1.807, 2.05) is 0 Å². The van der Waals surface area contributed by atoms with E-state index in [0.29, 0.717) is 5.56 Å². The average molecular weight is 305 g/mol. The zero-order chi connectivity index (χ0) is 16.0. The standard InChI is InChI=1S/C11H7N5O6/c1-13-3-2-6(5-13)9-7(14(17)18)4-8(15(19)20)10-11(9)16(21)22-12-10/h2-5H,1H3. The molecular formula is C11H7N5O6. The largest absolute Gasteiger partial charge is 0.359 e. The Labute approximate surface area is 120 Å². The lowest BCUT2D eigenvalue weighted by atomic mass is 10.0. The van der Waals surface area contributed by atoms with Crippen molar-refractivity contribution in [2.45, 2.75) is 0 Å². The molecule has 22 heavy (non-hydrogen) atoms. The van der Waals surface area contributed by atoms with Gasteiger partial charge in [0.15, 0.2) is 0 Å². The molecule has 0 bridgehead atoms. The molecule has 0 saturated carbocycles. The summed E-state index contributed by atoms with van der Waals surface area (Å²) in [5.74, 6) is 0. The van der Waals surface area contributed by atoms with E-state index in [0.717, 1.165) is 6.07 Å². The van der Waals surface area contributed by atoms with Crippen LogP contribution in [-0.2, 0) is 7.05 Å². The lowest BCUT2D eigenvalue weighted by molar-refractivity contribution is -0.782. The van der Waals surface area contributed by atoms with E-state index in [2.05, 4.69) is 9.79 Å². The Balaban J connectivity index is 2.51. The molecule has 2 heterocycles. The van der Waals surface area contributed by atoms with Gasteiger partial charge in [-0.3, -0.25) is 24.9 Å². The number of rotatable bonds is 3. The third-order valence-electron chi connectivity index (χ3n) is 3.14. The highest BCUT2D eigenvalue weighted by atomic mass is 16.8. The maximum Gasteiger partial charge on any atom is 0.333 e. The number of aromatic nitrogens is 3. The first-order valence-corrected chi connectivity index (χ1v) is 5.87. The van der Waals surface area contributed by atoms with E-state index in [4.69, 9.17) is 0 Å². The van der Waals surface area contributed by atoms with Crippen LogP contribution in [0.2, 0.25) is 0 Å². The monoisotopic (exact) mass is 305 g/mol. The van der Waals surface area contributed by atoms with Crippen LogP contribution in [0.5, 0.6) is 0 Å². The second-order valence-electron chi connectivity index (χ2n) is 4.50. The van der Waals surface area contributed by atoms with Crippen molar-refractivity contribution in [1.82, 2.24) is 9.72 Å². The highest BCUT2D eigenvalue weighted by molar-refractivity contribution is 5.99. The molecule has 0 N–H and O–H groups in total. The number of aryl methyl sites for hydroxylation is 1. The summed E-state index contributed by atoms with van der Waals surface area (Å²) in [6.07, 6.45) is 3.16. The van der Waals surface area contributed by atoms with Crippen molar-refractivity contribution in [3.8, 4) is 11.1 Å². The fraction of sp³-hybridized carbons (Fsp3) is 0.0909. The number of hydrogen-bond donors (Lipinski definition) is 0. The molecule has 0 aliphatic rings. The van der Waals surface area contributed by atoms with Gasteiger partial charge in [-0.25, -0.2) is 0 Å². The Morgan fingerprint density at radius 3 is 2.50 bits per heavy atom. The van der Waals surface area contributed by atoms with Gasteiger partial charge in [-0.2, -0.15) is 0 Å². The summed E-state index contributed by atoms with van der Waals surface area (Å²) in [5.41, 5.74) is -1.67. The summed E-state index contributed by atoms with van der Waals surface area (Å²) in [4.78, 5) is 20.6. The molecule has 11 nitrogen and oxygen atoms in total. The van der Waals surface area contributed by atoms with E-state index in [9.17, 15) is 25.4 Å². The lowest BCUT2D eigenvalue weighted by Crippen LogP contribution is -2.23. The van der Waals surface area contributed by atoms with Gasteiger partial charge < -0.3 is 9.77 Å². The number of non-ortho nitro benzene ring substituents is 1. The third kappa shape index (κ3) is 1.83. The van der Waals surface area contributed by atoms with Crippen LogP contribution in [0.25, 0.3) is 22.2 Å². The van der Waals surface area contributed by atoms with Crippen LogP contribution in [0.3, 0.4) is 0 Å². The fourth-order valence-electron chi connectivity index (χ4n) is 2.24. The molecule has 0 aliphatic carbocycles. The van der Waals surface area contributed by atoms with Gasteiger partial charge in [0.25, 0.3) is 5.69 Å². The molecular weight excluding hydrogens is 298 g/mol. The number of nitrogens with zero attached hydrogens (tertiary/aromatic N) is 5. The van der Waals surface area contributed by atoms with E-state index < -0.39 is 21.2 Å². The molecule has 2 aromatic heterocycles. The van der Waals surface area contributed by atoms with E-state index >= 15 is 0 Å². The molecule has 0 saturated heterocycles. The Kier molecular flexibility index (Phi) is 2.76. The summed E-state index contributed by atoms with van der Waals surface area (Å²) in [6, 6.07) is 2.31. The van der Waals surface area contributed by atoms with Crippen LogP contribution in [-0.4, -0.2) is 19.6 Å². The SMILES string of the molecule is Cn1ccc(-c2c([N+](=O)[O-])cc([N+](=O)[O-])c3no[n+]([O-])c23)c1. The Bertz CT molecular complexity index is 927. The molecule has 0 amide bonds. The number of nitro benzene ring substituents is 2. The summed E-state index contributed by atoms with van der Waals surface area (Å²) >= 11 is 0. The van der Waals surface area contributed by atoms with E-state index in [-0.39, 0.29) is 21.5 Å². The normalized spacial score (nSPS) is 11.0. The molecule has 3 aromatic rings. The van der Waals surface area contributed by atoms with Crippen molar-refractivity contribution < 1.29 is 19.4 Å². The zero-order valence-electron chi connectivity index (χ0n) is 11.0. The van der Waals surface area contributed by atoms with Crippen molar-refractivity contribution in [2.75, 3.05) is 0 Å². The van der Waals surface area contributed by atoms with Crippen molar-refractivity contribution in [3.63, 3.8) is 0 Å². The number of fused-ring (bicyclic) bond motifs is 1. The maximum atomic E-state index is 11.8. The van der Waals surface area contributed by atoms with Gasteiger partial charge in [-0.05, 0) is 11.0 Å². The van der Waals surface area contributed by atoms with Crippen molar-refractivity contribution in [2.24, 2.45) is 7.05 Å². The minimum atomic E-state index is -0.855. The smallest absolute Gasteiger partial charge is 0.333 e. The molecule has 3 rings (SSSR count). The zero-order valence-corrected chi connectivity index (χ0v) is 11.0. The van der Waals surface area contributed by atoms with Crippen molar-refractivity contribution >= 4 is 22.4 Å². The molecule has 1 aromatic carbocycles. The molecule has 0 aliphatic heterocycles. The Morgan fingerprint density at radius 1 is 1.27 bits per heavy atom. The summed E-state index contributed by atoms with van der Waals surface area (Å²) in [5, 5.41) is 37.4. The summed E-state index contributed by atoms with van der Waals surface area (Å²) in [7, 11) is 1.69. The second kappa shape index (κ2) is 4.51. The van der Waals surface area contributed by atoms with E-state index in [1.54, 1.807) is 30.1 Å². The average Bonchev–Trinajstić information content (AvgIpc) is 3.04. The maximum absolute atomic E-state index is 11.8. The number of benzene rings is 1. The lowest BCUT2D eigenvalue weighted by Gasteiger charge is -2.01. The molecule has 0 atom stereocenters. The molecule has 11 heteroatoms. The number of hydrogen-bond acceptors (Lipinski definition) is 7. The fourth-order valence-corrected chi connectivity index (χ4v) is 2.24. The number of nitro groups is 2. The third-order valence-corrected chi connectivity index (χ3v) is 3.14. The minimum Gasteiger partial charge on any atom is -0.359 e. The highest BCUT2D eigenvalue weighted by Crippen LogP contribution is 2.39. The van der Waals surface area contributed by atoms with Gasteiger partial charge in [0.2, 0.25) is 5.52 Å². The van der Waals surface area contributed by atoms with Gasteiger partial charge in [-0.15, -0.1) is 0 Å². The molecule has 0 spiro atoms. The van der Waals surface area contributed by atoms with Crippen molar-refractivity contribution in [1.29, 1.82) is 0 Å². The molecule has 112 valence electrons. The molecule has 0 fully saturated rings. The first kappa shape index (κ1) is 13.5. The van der Waals surface area contributed by atoms with Crippen LogP contribution < -0.4 is 4.90 Å². The molecule has 0 radical (unpaired) electrons. The van der Waals surface area contributed by atoms with Gasteiger partial charge in [-0.1, -0.05) is 0 Å². The van der Waals surface area contributed by atoms with Gasteiger partial charge >= 0.3 is 11.2 Å². The van der Waals surface area contributed by atoms with Crippen LogP contribution in [0.15, 0.2) is 29.2 Å². The quantitative estimate of drug-likeness (QED) is 0.402. The van der Waals surface area contributed by atoms with Crippen LogP contribution in [0, 0.1) is 25.4 Å². The summed E-state index contributed by atoms with van der Waals surface area (Å²) < 4.78 is 6.01. The Morgan fingerprint density at radius 2 is 1.95 bits per heavy atom. The van der Waals surface area contributed by atoms with Crippen LogP contribution >= 0.6 is 0 Å². The predicted octanol–water partition coefficient (Wildman–Crippen LogP) is 1.28. The minimum absolute atomic E-state index is 0.0718. The highest BCUT2D eigenvalue weighted by Gasteiger charge is 2.35. The topological polar surface area (TPSA) is 144 Å². The van der Waals surface area contributed by atoms with Crippen LogP contribution in [0.1, 0.15) is 0 Å². The first-order valence-electron chi connectivity index (χ1n) is 5.87. The molecule has 0 unspecified atom stereocenters. The Hall–Kier alpha value is -3.50. The first-order chi connectivity index (χ1) is 10.4. The van der Waals surface area contributed by atoms with Crippen molar-refractivity contribution in [3.05, 3.63) is 50.0 Å². The van der Waals surface area contributed by atoms with Gasteiger partial charge in [0.05, 0.1) is 21.1 Å². The van der Waals surface area contributed by atoms with Gasteiger partial charge in [0, 0.05) is 25.0 Å². The summed E-state index contributed by atoms with van der Waals surface area (Å²) in [6.45, 7) is 0. The van der Waals surface area contributed by atoms with E-state index in [1.165, 1.54) is 0 Å². The second-order valence-corrected chi connectivity index (χ2v) is 4.50.